The van der Waals surface area contributed by atoms with Crippen molar-refractivity contribution >= 4 is 43.7 Å². The lowest BCUT2D eigenvalue weighted by Gasteiger charge is -2.14. The van der Waals surface area contributed by atoms with E-state index in [1.54, 1.807) is 18.2 Å². The van der Waals surface area contributed by atoms with Crippen molar-refractivity contribution < 1.29 is 24.2 Å². The molecular formula is C12H13Br2NO5. The highest BCUT2D eigenvalue weighted by atomic mass is 79.9. The summed E-state index contributed by atoms with van der Waals surface area (Å²) in [5, 5.41) is 11.3. The van der Waals surface area contributed by atoms with Gasteiger partial charge in [0, 0.05) is 4.47 Å². The molecule has 8 heteroatoms. The number of carbonyl (C=O) groups is 2. The Bertz CT molecular complexity index is 495. The first kappa shape index (κ1) is 16.9. The molecular weight excluding hydrogens is 398 g/mol. The molecule has 1 atom stereocenters. The molecule has 6 nitrogen and oxygen atoms in total. The largest absolute Gasteiger partial charge is 0.483 e. The molecule has 0 bridgehead atoms. The summed E-state index contributed by atoms with van der Waals surface area (Å²) in [5.74, 6) is -0.767. The molecule has 0 aliphatic rings. The number of aliphatic hydroxyl groups excluding tert-OH is 1. The first-order chi connectivity index (χ1) is 9.47. The van der Waals surface area contributed by atoms with Gasteiger partial charge in [0.1, 0.15) is 5.75 Å². The van der Waals surface area contributed by atoms with E-state index in [2.05, 4.69) is 41.9 Å². The predicted molar refractivity (Wildman–Crippen MR) is 78.4 cm³/mol. The van der Waals surface area contributed by atoms with Crippen LogP contribution in [-0.2, 0) is 14.3 Å². The molecule has 0 fully saturated rings. The molecule has 0 aromatic heterocycles. The minimum atomic E-state index is -1.09. The number of esters is 1. The normalized spacial score (nSPS) is 11.6. The lowest BCUT2D eigenvalue weighted by atomic mass is 10.3. The highest BCUT2D eigenvalue weighted by Gasteiger charge is 2.20. The van der Waals surface area contributed by atoms with Crippen LogP contribution in [0.15, 0.2) is 27.1 Å². The molecule has 0 spiro atoms. The number of hydrogen-bond donors (Lipinski definition) is 2. The quantitative estimate of drug-likeness (QED) is 0.689. The lowest BCUT2D eigenvalue weighted by Crippen LogP contribution is -2.45. The average molecular weight is 411 g/mol. The fourth-order valence-electron chi connectivity index (χ4n) is 1.29. The Labute approximate surface area is 132 Å². The monoisotopic (exact) mass is 409 g/mol. The topological polar surface area (TPSA) is 84.9 Å². The predicted octanol–water partition coefficient (Wildman–Crippen LogP) is 1.24. The second kappa shape index (κ2) is 8.23. The van der Waals surface area contributed by atoms with Crippen LogP contribution in [0.1, 0.15) is 0 Å². The van der Waals surface area contributed by atoms with E-state index in [-0.39, 0.29) is 6.61 Å². The van der Waals surface area contributed by atoms with Gasteiger partial charge in [-0.25, -0.2) is 4.79 Å². The van der Waals surface area contributed by atoms with Crippen molar-refractivity contribution in [1.82, 2.24) is 5.32 Å². The van der Waals surface area contributed by atoms with Crippen molar-refractivity contribution in [2.24, 2.45) is 0 Å². The number of aliphatic hydroxyl groups is 1. The fraction of sp³-hybridized carbons (Fsp3) is 0.333. The van der Waals surface area contributed by atoms with Crippen molar-refractivity contribution in [2.75, 3.05) is 20.3 Å². The summed E-state index contributed by atoms with van der Waals surface area (Å²) in [6.45, 7) is -0.825. The van der Waals surface area contributed by atoms with Crippen LogP contribution in [0.5, 0.6) is 5.75 Å². The SMILES string of the molecule is COC(=O)[C@H](CO)NC(=O)COc1ccc(Br)cc1Br. The second-order valence-electron chi connectivity index (χ2n) is 3.69. The number of carbonyl (C=O) groups excluding carboxylic acids is 2. The molecule has 0 unspecified atom stereocenters. The molecule has 0 saturated carbocycles. The Morgan fingerprint density at radius 1 is 1.40 bits per heavy atom. The van der Waals surface area contributed by atoms with Crippen LogP contribution in [0.3, 0.4) is 0 Å². The summed E-state index contributed by atoms with van der Waals surface area (Å²) in [7, 11) is 1.17. The van der Waals surface area contributed by atoms with Crippen LogP contribution in [-0.4, -0.2) is 43.3 Å². The summed E-state index contributed by atoms with van der Waals surface area (Å²) >= 11 is 6.59. The molecule has 0 aliphatic carbocycles. The smallest absolute Gasteiger partial charge is 0.330 e. The van der Waals surface area contributed by atoms with E-state index < -0.39 is 24.5 Å². The Balaban J connectivity index is 2.52. The summed E-state index contributed by atoms with van der Waals surface area (Å²) in [5.41, 5.74) is 0. The number of rotatable bonds is 6. The summed E-state index contributed by atoms with van der Waals surface area (Å²) < 4.78 is 11.3. The molecule has 1 aromatic rings. The molecule has 0 radical (unpaired) electrons. The van der Waals surface area contributed by atoms with Crippen molar-refractivity contribution in [3.8, 4) is 5.75 Å². The van der Waals surface area contributed by atoms with E-state index in [9.17, 15) is 9.59 Å². The standard InChI is InChI=1S/C12H13Br2NO5/c1-19-12(18)9(5-16)15-11(17)6-20-10-3-2-7(13)4-8(10)14/h2-4,9,16H,5-6H2,1H3,(H,15,17)/t9-/m0/s1. The van der Waals surface area contributed by atoms with Crippen LogP contribution in [0.25, 0.3) is 0 Å². The van der Waals surface area contributed by atoms with Crippen molar-refractivity contribution in [3.63, 3.8) is 0 Å². The summed E-state index contributed by atoms with van der Waals surface area (Å²) in [4.78, 5) is 22.8. The van der Waals surface area contributed by atoms with Crippen LogP contribution in [0, 0.1) is 0 Å². The molecule has 2 N–H and O–H groups in total. The molecule has 1 amide bonds. The first-order valence-electron chi connectivity index (χ1n) is 5.53. The maximum Gasteiger partial charge on any atom is 0.330 e. The molecule has 1 aromatic carbocycles. The maximum atomic E-state index is 11.6. The van der Waals surface area contributed by atoms with E-state index in [1.165, 1.54) is 7.11 Å². The van der Waals surface area contributed by atoms with E-state index in [0.29, 0.717) is 10.2 Å². The van der Waals surface area contributed by atoms with E-state index in [4.69, 9.17) is 9.84 Å². The number of hydrogen-bond acceptors (Lipinski definition) is 5. The van der Waals surface area contributed by atoms with Crippen molar-refractivity contribution in [2.45, 2.75) is 6.04 Å². The fourth-order valence-corrected chi connectivity index (χ4v) is 2.45. The molecule has 0 heterocycles. The Hall–Kier alpha value is -1.12. The number of methoxy groups -OCH3 is 1. The van der Waals surface area contributed by atoms with Gasteiger partial charge in [-0.1, -0.05) is 15.9 Å². The molecule has 110 valence electrons. The third-order valence-corrected chi connectivity index (χ3v) is 3.37. The van der Waals surface area contributed by atoms with Crippen LogP contribution in [0.2, 0.25) is 0 Å². The molecule has 0 saturated heterocycles. The zero-order chi connectivity index (χ0) is 15.1. The lowest BCUT2D eigenvalue weighted by molar-refractivity contribution is -0.146. The van der Waals surface area contributed by atoms with Gasteiger partial charge in [0.25, 0.3) is 5.91 Å². The third-order valence-electron chi connectivity index (χ3n) is 2.26. The van der Waals surface area contributed by atoms with Gasteiger partial charge >= 0.3 is 5.97 Å². The highest BCUT2D eigenvalue weighted by Crippen LogP contribution is 2.27. The minimum Gasteiger partial charge on any atom is -0.483 e. The van der Waals surface area contributed by atoms with E-state index >= 15 is 0 Å². The van der Waals surface area contributed by atoms with Crippen LogP contribution < -0.4 is 10.1 Å². The van der Waals surface area contributed by atoms with Crippen LogP contribution >= 0.6 is 31.9 Å². The second-order valence-corrected chi connectivity index (χ2v) is 5.46. The Morgan fingerprint density at radius 3 is 2.65 bits per heavy atom. The number of ether oxygens (including phenoxy) is 2. The van der Waals surface area contributed by atoms with Gasteiger partial charge < -0.3 is 19.9 Å². The Morgan fingerprint density at radius 2 is 2.10 bits per heavy atom. The Kier molecular flexibility index (Phi) is 6.97. The van der Waals surface area contributed by atoms with Crippen molar-refractivity contribution in [3.05, 3.63) is 27.1 Å². The zero-order valence-electron chi connectivity index (χ0n) is 10.6. The third kappa shape index (κ3) is 5.10. The number of amides is 1. The van der Waals surface area contributed by atoms with Gasteiger partial charge in [0.15, 0.2) is 12.6 Å². The molecule has 0 aliphatic heterocycles. The van der Waals surface area contributed by atoms with Gasteiger partial charge in [-0.05, 0) is 34.1 Å². The molecule has 1 rings (SSSR count). The molecule has 20 heavy (non-hydrogen) atoms. The van der Waals surface area contributed by atoms with Gasteiger partial charge in [-0.15, -0.1) is 0 Å². The first-order valence-corrected chi connectivity index (χ1v) is 7.12. The zero-order valence-corrected chi connectivity index (χ0v) is 13.7. The van der Waals surface area contributed by atoms with Gasteiger partial charge in [-0.2, -0.15) is 0 Å². The summed E-state index contributed by atoms with van der Waals surface area (Å²) in [6.07, 6.45) is 0. The average Bonchev–Trinajstić information content (AvgIpc) is 2.43. The number of benzene rings is 1. The van der Waals surface area contributed by atoms with E-state index in [0.717, 1.165) is 4.47 Å². The maximum absolute atomic E-state index is 11.6. The van der Waals surface area contributed by atoms with Gasteiger partial charge in [0.05, 0.1) is 18.2 Å². The summed E-state index contributed by atoms with van der Waals surface area (Å²) in [6, 6.07) is 4.14. The van der Waals surface area contributed by atoms with Gasteiger partial charge in [-0.3, -0.25) is 4.79 Å². The minimum absolute atomic E-state index is 0.284. The van der Waals surface area contributed by atoms with E-state index in [1.807, 2.05) is 0 Å². The highest BCUT2D eigenvalue weighted by molar-refractivity contribution is 9.11. The van der Waals surface area contributed by atoms with Crippen molar-refractivity contribution in [1.29, 1.82) is 0 Å². The van der Waals surface area contributed by atoms with Crippen LogP contribution in [0.4, 0.5) is 0 Å². The van der Waals surface area contributed by atoms with Gasteiger partial charge in [0.2, 0.25) is 0 Å². The number of nitrogens with one attached hydrogen (secondary N) is 1. The number of halogens is 2.